The van der Waals surface area contributed by atoms with E-state index >= 15 is 0 Å². The van der Waals surface area contributed by atoms with E-state index in [9.17, 15) is 12.8 Å². The first-order valence-electron chi connectivity index (χ1n) is 6.72. The molecular formula is C14H15FN2O2S. The van der Waals surface area contributed by atoms with Gasteiger partial charge in [0, 0.05) is 13.1 Å². The first kappa shape index (κ1) is 13.5. The normalized spacial score (nSPS) is 26.4. The molecule has 1 aliphatic heterocycles. The summed E-state index contributed by atoms with van der Waals surface area (Å²) in [6.07, 6.45) is 3.35. The van der Waals surface area contributed by atoms with E-state index in [0.717, 1.165) is 25.0 Å². The van der Waals surface area contributed by atoms with E-state index in [-0.39, 0.29) is 10.5 Å². The molecule has 2 atom stereocenters. The molecule has 0 radical (unpaired) electrons. The molecular weight excluding hydrogens is 279 g/mol. The maximum Gasteiger partial charge on any atom is 0.243 e. The molecule has 4 nitrogen and oxygen atoms in total. The summed E-state index contributed by atoms with van der Waals surface area (Å²) in [6.45, 7) is 1.10. The highest BCUT2D eigenvalue weighted by molar-refractivity contribution is 7.89. The van der Waals surface area contributed by atoms with Crippen LogP contribution in [-0.4, -0.2) is 25.8 Å². The van der Waals surface area contributed by atoms with Crippen molar-refractivity contribution in [1.29, 1.82) is 5.26 Å². The van der Waals surface area contributed by atoms with E-state index in [1.54, 1.807) is 6.07 Å². The molecule has 1 aromatic rings. The minimum atomic E-state index is -3.61. The van der Waals surface area contributed by atoms with Gasteiger partial charge in [-0.3, -0.25) is 0 Å². The van der Waals surface area contributed by atoms with Gasteiger partial charge >= 0.3 is 0 Å². The van der Waals surface area contributed by atoms with Gasteiger partial charge < -0.3 is 0 Å². The van der Waals surface area contributed by atoms with Crippen LogP contribution in [0.2, 0.25) is 0 Å². The number of fused-ring (bicyclic) bond motifs is 1. The summed E-state index contributed by atoms with van der Waals surface area (Å²) in [4.78, 5) is 0.00965. The van der Waals surface area contributed by atoms with Gasteiger partial charge in [0.05, 0.1) is 10.5 Å². The summed E-state index contributed by atoms with van der Waals surface area (Å²) < 4.78 is 39.9. The van der Waals surface area contributed by atoms with Gasteiger partial charge in [0.25, 0.3) is 0 Å². The van der Waals surface area contributed by atoms with Gasteiger partial charge in [0.2, 0.25) is 10.0 Å². The fourth-order valence-electron chi connectivity index (χ4n) is 3.29. The zero-order chi connectivity index (χ0) is 14.3. The van der Waals surface area contributed by atoms with Crippen LogP contribution in [0.3, 0.4) is 0 Å². The average molecular weight is 294 g/mol. The smallest absolute Gasteiger partial charge is 0.207 e. The zero-order valence-corrected chi connectivity index (χ0v) is 11.7. The number of halogens is 1. The fourth-order valence-corrected chi connectivity index (χ4v) is 4.87. The van der Waals surface area contributed by atoms with Gasteiger partial charge in [-0.1, -0.05) is 6.42 Å². The number of hydrogen-bond acceptors (Lipinski definition) is 3. The third kappa shape index (κ3) is 2.11. The Bertz CT molecular complexity index is 669. The van der Waals surface area contributed by atoms with Crippen molar-refractivity contribution < 1.29 is 12.8 Å². The molecule has 2 aliphatic rings. The molecule has 106 valence electrons. The summed E-state index contributed by atoms with van der Waals surface area (Å²) in [5, 5.41) is 8.81. The van der Waals surface area contributed by atoms with Crippen LogP contribution in [0.1, 0.15) is 24.8 Å². The van der Waals surface area contributed by atoms with E-state index in [0.29, 0.717) is 24.9 Å². The van der Waals surface area contributed by atoms with E-state index in [2.05, 4.69) is 0 Å². The minimum absolute atomic E-state index is 0.00965. The number of benzene rings is 1. The Morgan fingerprint density at radius 2 is 1.90 bits per heavy atom. The Morgan fingerprint density at radius 1 is 1.25 bits per heavy atom. The molecule has 0 bridgehead atoms. The van der Waals surface area contributed by atoms with E-state index in [1.165, 1.54) is 16.8 Å². The molecule has 1 aliphatic carbocycles. The second-order valence-corrected chi connectivity index (χ2v) is 7.46. The highest BCUT2D eigenvalue weighted by atomic mass is 32.2. The SMILES string of the molecule is N#Cc1cc(S(=O)(=O)N2CC3CCCC3C2)ccc1F. The molecule has 0 amide bonds. The molecule has 1 saturated heterocycles. The van der Waals surface area contributed by atoms with Crippen molar-refractivity contribution in [2.45, 2.75) is 24.2 Å². The molecule has 1 saturated carbocycles. The summed E-state index contributed by atoms with van der Waals surface area (Å²) in [5.41, 5.74) is -0.231. The molecule has 2 fully saturated rings. The number of rotatable bonds is 2. The van der Waals surface area contributed by atoms with Crippen LogP contribution in [0.4, 0.5) is 4.39 Å². The van der Waals surface area contributed by atoms with E-state index in [4.69, 9.17) is 5.26 Å². The predicted octanol–water partition coefficient (Wildman–Crippen LogP) is 2.12. The van der Waals surface area contributed by atoms with Crippen LogP contribution in [0.15, 0.2) is 23.1 Å². The van der Waals surface area contributed by atoms with Gasteiger partial charge in [0.1, 0.15) is 11.9 Å². The third-order valence-electron chi connectivity index (χ3n) is 4.39. The maximum atomic E-state index is 13.3. The molecule has 20 heavy (non-hydrogen) atoms. The Labute approximate surface area is 117 Å². The molecule has 1 aromatic carbocycles. The second-order valence-electron chi connectivity index (χ2n) is 5.53. The van der Waals surface area contributed by atoms with Crippen LogP contribution < -0.4 is 0 Å². The topological polar surface area (TPSA) is 61.2 Å². The Morgan fingerprint density at radius 3 is 2.50 bits per heavy atom. The first-order valence-corrected chi connectivity index (χ1v) is 8.16. The van der Waals surface area contributed by atoms with Crippen molar-refractivity contribution in [2.24, 2.45) is 11.8 Å². The van der Waals surface area contributed by atoms with Crippen molar-refractivity contribution in [3.8, 4) is 6.07 Å². The lowest BCUT2D eigenvalue weighted by atomic mass is 10.0. The molecule has 0 N–H and O–H groups in total. The third-order valence-corrected chi connectivity index (χ3v) is 6.22. The standard InChI is InChI=1S/C14H15FN2O2S/c15-14-5-4-13(6-12(14)7-16)20(18,19)17-8-10-2-1-3-11(10)9-17/h4-6,10-11H,1-3,8-9H2. The van der Waals surface area contributed by atoms with Crippen LogP contribution in [-0.2, 0) is 10.0 Å². The summed E-state index contributed by atoms with van der Waals surface area (Å²) in [7, 11) is -3.61. The van der Waals surface area contributed by atoms with Crippen molar-refractivity contribution in [1.82, 2.24) is 4.31 Å². The number of sulfonamides is 1. The lowest BCUT2D eigenvalue weighted by Gasteiger charge is -2.17. The predicted molar refractivity (Wildman–Crippen MR) is 70.7 cm³/mol. The van der Waals surface area contributed by atoms with Gasteiger partial charge in [-0.05, 0) is 42.9 Å². The van der Waals surface area contributed by atoms with Gasteiger partial charge in [-0.25, -0.2) is 12.8 Å². The number of nitriles is 1. The largest absolute Gasteiger partial charge is 0.243 e. The van der Waals surface area contributed by atoms with Crippen LogP contribution in [0.25, 0.3) is 0 Å². The van der Waals surface area contributed by atoms with Crippen molar-refractivity contribution in [3.63, 3.8) is 0 Å². The Hall–Kier alpha value is -1.45. The van der Waals surface area contributed by atoms with Crippen molar-refractivity contribution in [2.75, 3.05) is 13.1 Å². The summed E-state index contributed by atoms with van der Waals surface area (Å²) >= 11 is 0. The summed E-state index contributed by atoms with van der Waals surface area (Å²) in [6, 6.07) is 5.08. The minimum Gasteiger partial charge on any atom is -0.207 e. The number of hydrogen-bond donors (Lipinski definition) is 0. The quantitative estimate of drug-likeness (QED) is 0.839. The average Bonchev–Trinajstić information content (AvgIpc) is 2.99. The number of nitrogens with zero attached hydrogens (tertiary/aromatic N) is 2. The van der Waals surface area contributed by atoms with Gasteiger partial charge in [-0.15, -0.1) is 0 Å². The van der Waals surface area contributed by atoms with Crippen molar-refractivity contribution in [3.05, 3.63) is 29.6 Å². The second kappa shape index (κ2) is 4.83. The van der Waals surface area contributed by atoms with Gasteiger partial charge in [0.15, 0.2) is 0 Å². The monoisotopic (exact) mass is 294 g/mol. The molecule has 2 unspecified atom stereocenters. The lowest BCUT2D eigenvalue weighted by molar-refractivity contribution is 0.445. The fraction of sp³-hybridized carbons (Fsp3) is 0.500. The molecule has 1 heterocycles. The zero-order valence-electron chi connectivity index (χ0n) is 10.9. The first-order chi connectivity index (χ1) is 9.52. The summed E-state index contributed by atoms with van der Waals surface area (Å²) in [5.74, 6) is 0.228. The van der Waals surface area contributed by atoms with E-state index in [1.807, 2.05) is 0 Å². The molecule has 0 spiro atoms. The molecule has 3 rings (SSSR count). The maximum absolute atomic E-state index is 13.3. The van der Waals surface area contributed by atoms with Crippen molar-refractivity contribution >= 4 is 10.0 Å². The van der Waals surface area contributed by atoms with Gasteiger partial charge in [-0.2, -0.15) is 9.57 Å². The highest BCUT2D eigenvalue weighted by Gasteiger charge is 2.41. The Balaban J connectivity index is 1.91. The highest BCUT2D eigenvalue weighted by Crippen LogP contribution is 2.39. The molecule has 6 heteroatoms. The van der Waals surface area contributed by atoms with Crippen LogP contribution in [0, 0.1) is 29.0 Å². The Kier molecular flexibility index (Phi) is 3.27. The lowest BCUT2D eigenvalue weighted by Crippen LogP contribution is -2.29. The van der Waals surface area contributed by atoms with Crippen LogP contribution >= 0.6 is 0 Å². The van der Waals surface area contributed by atoms with E-state index < -0.39 is 15.8 Å². The van der Waals surface area contributed by atoms with Crippen LogP contribution in [0.5, 0.6) is 0 Å². The molecule has 0 aromatic heterocycles.